The van der Waals surface area contributed by atoms with Gasteiger partial charge in [0.2, 0.25) is 0 Å². The SMILES string of the molecule is C=C(C)C1CCC(C)=C2C(C#N)(C#N)CC=CC(c3ccccc3)[C@@]21C. The van der Waals surface area contributed by atoms with Crippen molar-refractivity contribution in [1.82, 2.24) is 0 Å². The molecule has 2 aliphatic carbocycles. The molecule has 1 aromatic carbocycles. The van der Waals surface area contributed by atoms with Crippen molar-refractivity contribution in [2.24, 2.45) is 16.7 Å². The minimum atomic E-state index is -1.09. The molecular weight excluding hydrogens is 316 g/mol. The fourth-order valence-electron chi connectivity index (χ4n) is 5.40. The van der Waals surface area contributed by atoms with E-state index in [1.54, 1.807) is 0 Å². The normalized spacial score (nSPS) is 29.9. The van der Waals surface area contributed by atoms with Gasteiger partial charge in [-0.2, -0.15) is 10.5 Å². The van der Waals surface area contributed by atoms with Gasteiger partial charge in [0.15, 0.2) is 5.41 Å². The Hall–Kier alpha value is -2.58. The smallest absolute Gasteiger partial charge is 0.168 e. The molecule has 2 aliphatic rings. The zero-order valence-corrected chi connectivity index (χ0v) is 15.9. The Morgan fingerprint density at radius 2 is 1.85 bits per heavy atom. The molecule has 0 radical (unpaired) electrons. The quantitative estimate of drug-likeness (QED) is 0.612. The molecule has 0 saturated carbocycles. The molecule has 0 aliphatic heterocycles. The van der Waals surface area contributed by atoms with Crippen LogP contribution in [0.15, 0.2) is 65.8 Å². The fourth-order valence-corrected chi connectivity index (χ4v) is 5.40. The van der Waals surface area contributed by atoms with E-state index < -0.39 is 5.41 Å². The fraction of sp³-hybridized carbons (Fsp3) is 0.417. The Morgan fingerprint density at radius 3 is 2.42 bits per heavy atom. The maximum absolute atomic E-state index is 10.1. The first kappa shape index (κ1) is 18.2. The monoisotopic (exact) mass is 342 g/mol. The van der Waals surface area contributed by atoms with Crippen molar-refractivity contribution < 1.29 is 0 Å². The van der Waals surface area contributed by atoms with Crippen LogP contribution in [-0.4, -0.2) is 0 Å². The highest BCUT2D eigenvalue weighted by Crippen LogP contribution is 2.62. The third-order valence-corrected chi connectivity index (χ3v) is 6.46. The third kappa shape index (κ3) is 2.53. The summed E-state index contributed by atoms with van der Waals surface area (Å²) in [7, 11) is 0. The van der Waals surface area contributed by atoms with Crippen LogP contribution < -0.4 is 0 Å². The van der Waals surface area contributed by atoms with Crippen molar-refractivity contribution >= 4 is 0 Å². The van der Waals surface area contributed by atoms with E-state index in [9.17, 15) is 10.5 Å². The summed E-state index contributed by atoms with van der Waals surface area (Å²) in [5, 5.41) is 20.1. The lowest BCUT2D eigenvalue weighted by atomic mass is 9.51. The van der Waals surface area contributed by atoms with Crippen molar-refractivity contribution in [2.75, 3.05) is 0 Å². The first-order valence-corrected chi connectivity index (χ1v) is 9.31. The zero-order chi connectivity index (χ0) is 18.9. The van der Waals surface area contributed by atoms with Gasteiger partial charge in [-0.05, 0) is 43.7 Å². The van der Waals surface area contributed by atoms with Gasteiger partial charge in [0.25, 0.3) is 0 Å². The average Bonchev–Trinajstić information content (AvgIpc) is 2.77. The molecule has 0 aromatic heterocycles. The van der Waals surface area contributed by atoms with E-state index in [-0.39, 0.29) is 17.3 Å². The molecule has 0 fully saturated rings. The number of benzene rings is 1. The molecule has 2 nitrogen and oxygen atoms in total. The summed E-state index contributed by atoms with van der Waals surface area (Å²) in [6, 6.07) is 15.3. The molecule has 2 heteroatoms. The summed E-state index contributed by atoms with van der Waals surface area (Å²) in [5.41, 5.74) is 3.20. The highest BCUT2D eigenvalue weighted by atomic mass is 14.6. The predicted molar refractivity (Wildman–Crippen MR) is 105 cm³/mol. The van der Waals surface area contributed by atoms with Crippen LogP contribution in [0.4, 0.5) is 0 Å². The van der Waals surface area contributed by atoms with E-state index >= 15 is 0 Å². The molecule has 0 spiro atoms. The number of hydrogen-bond donors (Lipinski definition) is 0. The van der Waals surface area contributed by atoms with Crippen LogP contribution in [0.25, 0.3) is 0 Å². The zero-order valence-electron chi connectivity index (χ0n) is 15.9. The van der Waals surface area contributed by atoms with Crippen LogP contribution in [0.2, 0.25) is 0 Å². The number of fused-ring (bicyclic) bond motifs is 1. The summed E-state index contributed by atoms with van der Waals surface area (Å²) < 4.78 is 0. The van der Waals surface area contributed by atoms with Gasteiger partial charge >= 0.3 is 0 Å². The molecule has 2 unspecified atom stereocenters. The second-order valence-electron chi connectivity index (χ2n) is 8.03. The number of nitriles is 2. The Labute approximate surface area is 157 Å². The molecule has 0 heterocycles. The Kier molecular flexibility index (Phi) is 4.64. The van der Waals surface area contributed by atoms with E-state index in [2.05, 4.69) is 69.8 Å². The molecule has 0 N–H and O–H groups in total. The molecule has 26 heavy (non-hydrogen) atoms. The maximum atomic E-state index is 10.1. The van der Waals surface area contributed by atoms with Crippen molar-refractivity contribution in [3.63, 3.8) is 0 Å². The Bertz CT molecular complexity index is 846. The minimum Gasteiger partial charge on any atom is -0.196 e. The average molecular weight is 342 g/mol. The second-order valence-corrected chi connectivity index (χ2v) is 8.03. The van der Waals surface area contributed by atoms with Crippen LogP contribution >= 0.6 is 0 Å². The van der Waals surface area contributed by atoms with Gasteiger partial charge in [0.05, 0.1) is 12.1 Å². The summed E-state index contributed by atoms with van der Waals surface area (Å²) in [4.78, 5) is 0. The van der Waals surface area contributed by atoms with Crippen LogP contribution in [0.3, 0.4) is 0 Å². The summed E-state index contributed by atoms with van der Waals surface area (Å²) in [5.74, 6) is 0.370. The summed E-state index contributed by atoms with van der Waals surface area (Å²) in [6.07, 6.45) is 6.67. The van der Waals surface area contributed by atoms with Crippen molar-refractivity contribution in [3.05, 3.63) is 71.3 Å². The first-order chi connectivity index (χ1) is 12.4. The van der Waals surface area contributed by atoms with E-state index in [0.29, 0.717) is 6.42 Å². The van der Waals surface area contributed by atoms with Crippen LogP contribution in [0.1, 0.15) is 51.5 Å². The van der Waals surface area contributed by atoms with Crippen molar-refractivity contribution in [2.45, 2.75) is 46.0 Å². The van der Waals surface area contributed by atoms with E-state index in [0.717, 1.165) is 24.0 Å². The molecule has 0 amide bonds. The summed E-state index contributed by atoms with van der Waals surface area (Å²) >= 11 is 0. The van der Waals surface area contributed by atoms with Crippen LogP contribution in [0.5, 0.6) is 0 Å². The largest absolute Gasteiger partial charge is 0.196 e. The van der Waals surface area contributed by atoms with E-state index in [1.807, 2.05) is 12.1 Å². The van der Waals surface area contributed by atoms with Crippen molar-refractivity contribution in [3.8, 4) is 12.1 Å². The van der Waals surface area contributed by atoms with Gasteiger partial charge in [-0.15, -0.1) is 0 Å². The number of hydrogen-bond acceptors (Lipinski definition) is 2. The molecular formula is C24H26N2. The van der Waals surface area contributed by atoms with E-state index in [4.69, 9.17) is 0 Å². The van der Waals surface area contributed by atoms with Gasteiger partial charge < -0.3 is 0 Å². The molecule has 0 bridgehead atoms. The van der Waals surface area contributed by atoms with Crippen LogP contribution in [0, 0.1) is 39.4 Å². The lowest BCUT2D eigenvalue weighted by Gasteiger charge is -2.51. The minimum absolute atomic E-state index is 0.124. The number of allylic oxidation sites excluding steroid dienone is 5. The van der Waals surface area contributed by atoms with Crippen LogP contribution in [-0.2, 0) is 0 Å². The molecule has 3 atom stereocenters. The molecule has 3 rings (SSSR count). The molecule has 132 valence electrons. The van der Waals surface area contributed by atoms with Gasteiger partial charge in [0, 0.05) is 17.8 Å². The first-order valence-electron chi connectivity index (χ1n) is 9.31. The number of nitrogens with zero attached hydrogens (tertiary/aromatic N) is 2. The Balaban J connectivity index is 2.35. The highest BCUT2D eigenvalue weighted by Gasteiger charge is 2.55. The van der Waals surface area contributed by atoms with Gasteiger partial charge in [-0.25, -0.2) is 0 Å². The van der Waals surface area contributed by atoms with E-state index in [1.165, 1.54) is 11.1 Å². The standard InChI is InChI=1S/C24H26N2/c1-17(2)20-13-12-18(3)22-23(20,4)21(19-9-6-5-7-10-19)11-8-14-24(22,15-25)16-26/h5-11,20-21H,1,12-14H2,2-4H3/t20?,21?,23-/m0/s1. The van der Waals surface area contributed by atoms with Gasteiger partial charge in [0.1, 0.15) is 0 Å². The molecule has 1 aromatic rings. The lowest BCUT2D eigenvalue weighted by Crippen LogP contribution is -2.43. The van der Waals surface area contributed by atoms with Gasteiger partial charge in [-0.3, -0.25) is 0 Å². The summed E-state index contributed by atoms with van der Waals surface area (Å²) in [6.45, 7) is 10.7. The highest BCUT2D eigenvalue weighted by molar-refractivity contribution is 5.49. The van der Waals surface area contributed by atoms with Crippen molar-refractivity contribution in [1.29, 1.82) is 10.5 Å². The third-order valence-electron chi connectivity index (χ3n) is 6.46. The topological polar surface area (TPSA) is 47.6 Å². The number of rotatable bonds is 2. The molecule has 0 saturated heterocycles. The van der Waals surface area contributed by atoms with Gasteiger partial charge in [-0.1, -0.05) is 67.1 Å². The Morgan fingerprint density at radius 1 is 1.19 bits per heavy atom. The lowest BCUT2D eigenvalue weighted by molar-refractivity contribution is 0.191. The maximum Gasteiger partial charge on any atom is 0.168 e. The predicted octanol–water partition coefficient (Wildman–Crippen LogP) is 6.07. The second kappa shape index (κ2) is 6.62.